The monoisotopic (exact) mass is 247 g/mol. The Bertz CT molecular complexity index is 661. The Morgan fingerprint density at radius 1 is 1.39 bits per heavy atom. The molecule has 0 atom stereocenters. The molecule has 0 saturated carbocycles. The molecule has 0 spiro atoms. The summed E-state index contributed by atoms with van der Waals surface area (Å²) in [7, 11) is 0. The smallest absolute Gasteiger partial charge is 0.328 e. The van der Waals surface area contributed by atoms with Gasteiger partial charge in [0, 0.05) is 18.5 Å². The van der Waals surface area contributed by atoms with Gasteiger partial charge >= 0.3 is 5.97 Å². The first kappa shape index (κ1) is 12.1. The van der Waals surface area contributed by atoms with Crippen molar-refractivity contribution in [1.82, 2.24) is 9.38 Å². The number of rotatable bonds is 3. The molecule has 2 N–H and O–H groups in total. The number of nitrogens with zero attached hydrogens (tertiary/aromatic N) is 2. The Balaban J connectivity index is 2.45. The van der Waals surface area contributed by atoms with Gasteiger partial charge in [-0.1, -0.05) is 0 Å². The molecule has 0 aliphatic carbocycles. The summed E-state index contributed by atoms with van der Waals surface area (Å²) < 4.78 is 1.36. The number of carbonyl (C=O) groups is 1. The van der Waals surface area contributed by atoms with E-state index >= 15 is 0 Å². The highest BCUT2D eigenvalue weighted by Gasteiger charge is 2.26. The summed E-state index contributed by atoms with van der Waals surface area (Å²) in [4.78, 5) is 26.7. The predicted octanol–water partition coefficient (Wildman–Crippen LogP) is 0.970. The minimum absolute atomic E-state index is 0.211. The number of nitrogens with one attached hydrogen (secondary N) is 1. The first-order valence-electron chi connectivity index (χ1n) is 5.39. The third-order valence-corrected chi connectivity index (χ3v) is 2.58. The van der Waals surface area contributed by atoms with Crippen LogP contribution in [0.25, 0.3) is 5.65 Å². The van der Waals surface area contributed by atoms with E-state index in [1.54, 1.807) is 26.0 Å². The Hall–Kier alpha value is -2.37. The highest BCUT2D eigenvalue weighted by Crippen LogP contribution is 2.15. The standard InChI is InChI=1S/C12H13N3O3/c1-12(2,11(17)18)14-8-3-4-9-13-6-5-10(16)15(9)7-8/h3-7,14H,1-2H3,(H,17,18). The molecule has 0 bridgehead atoms. The third-order valence-electron chi connectivity index (χ3n) is 2.58. The van der Waals surface area contributed by atoms with Crippen LogP contribution in [-0.4, -0.2) is 26.0 Å². The number of aliphatic carboxylic acids is 1. The molecule has 2 heterocycles. The quantitative estimate of drug-likeness (QED) is 0.844. The summed E-state index contributed by atoms with van der Waals surface area (Å²) in [6.07, 6.45) is 2.97. The van der Waals surface area contributed by atoms with Gasteiger partial charge in [-0.3, -0.25) is 9.20 Å². The number of fused-ring (bicyclic) bond motifs is 1. The van der Waals surface area contributed by atoms with Crippen LogP contribution in [0.4, 0.5) is 5.69 Å². The lowest BCUT2D eigenvalue weighted by molar-refractivity contribution is -0.141. The molecule has 0 aromatic carbocycles. The summed E-state index contributed by atoms with van der Waals surface area (Å²) in [5.74, 6) is -0.971. The summed E-state index contributed by atoms with van der Waals surface area (Å²) in [5.41, 5.74) is -0.262. The van der Waals surface area contributed by atoms with Crippen molar-refractivity contribution in [2.45, 2.75) is 19.4 Å². The van der Waals surface area contributed by atoms with Gasteiger partial charge in [-0.25, -0.2) is 9.78 Å². The van der Waals surface area contributed by atoms with E-state index in [1.807, 2.05) is 0 Å². The predicted molar refractivity (Wildman–Crippen MR) is 66.8 cm³/mol. The number of carboxylic acids is 1. The van der Waals surface area contributed by atoms with E-state index in [9.17, 15) is 9.59 Å². The summed E-state index contributed by atoms with van der Waals surface area (Å²) >= 11 is 0. The van der Waals surface area contributed by atoms with Crippen LogP contribution in [0.3, 0.4) is 0 Å². The molecular formula is C12H13N3O3. The fraction of sp³-hybridized carbons (Fsp3) is 0.250. The Morgan fingerprint density at radius 2 is 2.11 bits per heavy atom. The Labute approximate surface area is 103 Å². The molecule has 0 fully saturated rings. The molecule has 18 heavy (non-hydrogen) atoms. The van der Waals surface area contributed by atoms with Gasteiger partial charge in [0.05, 0.1) is 5.69 Å². The van der Waals surface area contributed by atoms with Crippen molar-refractivity contribution in [2.75, 3.05) is 5.32 Å². The molecule has 0 saturated heterocycles. The van der Waals surface area contributed by atoms with Gasteiger partial charge in [-0.15, -0.1) is 0 Å². The van der Waals surface area contributed by atoms with E-state index in [0.717, 1.165) is 0 Å². The molecule has 0 unspecified atom stereocenters. The van der Waals surface area contributed by atoms with Crippen molar-refractivity contribution in [3.05, 3.63) is 40.9 Å². The van der Waals surface area contributed by atoms with Gasteiger partial charge in [0.2, 0.25) is 0 Å². The number of hydrogen-bond donors (Lipinski definition) is 2. The van der Waals surface area contributed by atoms with E-state index in [0.29, 0.717) is 11.3 Å². The second kappa shape index (κ2) is 4.14. The molecule has 2 rings (SSSR count). The van der Waals surface area contributed by atoms with E-state index in [-0.39, 0.29) is 5.56 Å². The molecule has 6 nitrogen and oxygen atoms in total. The largest absolute Gasteiger partial charge is 0.480 e. The van der Waals surface area contributed by atoms with Crippen molar-refractivity contribution >= 4 is 17.3 Å². The van der Waals surface area contributed by atoms with Crippen LogP contribution in [0.15, 0.2) is 35.4 Å². The second-order valence-electron chi connectivity index (χ2n) is 4.48. The highest BCUT2D eigenvalue weighted by atomic mass is 16.4. The Kier molecular flexibility index (Phi) is 2.78. The van der Waals surface area contributed by atoms with Crippen LogP contribution in [-0.2, 0) is 4.79 Å². The SMILES string of the molecule is CC(C)(Nc1ccc2nccc(=O)n2c1)C(=O)O. The van der Waals surface area contributed by atoms with Crippen LogP contribution in [0.5, 0.6) is 0 Å². The van der Waals surface area contributed by atoms with E-state index in [2.05, 4.69) is 10.3 Å². The van der Waals surface area contributed by atoms with Gasteiger partial charge in [0.25, 0.3) is 5.56 Å². The van der Waals surface area contributed by atoms with Gasteiger partial charge in [-0.2, -0.15) is 0 Å². The van der Waals surface area contributed by atoms with Gasteiger partial charge < -0.3 is 10.4 Å². The van der Waals surface area contributed by atoms with Gasteiger partial charge in [-0.05, 0) is 26.0 Å². The summed E-state index contributed by atoms with van der Waals surface area (Å²) in [6.45, 7) is 3.09. The second-order valence-corrected chi connectivity index (χ2v) is 4.48. The van der Waals surface area contributed by atoms with Gasteiger partial charge in [0.1, 0.15) is 11.2 Å². The van der Waals surface area contributed by atoms with Crippen molar-refractivity contribution in [1.29, 1.82) is 0 Å². The lowest BCUT2D eigenvalue weighted by Gasteiger charge is -2.22. The zero-order chi connectivity index (χ0) is 13.3. The molecule has 2 aromatic rings. The lowest BCUT2D eigenvalue weighted by atomic mass is 10.1. The average Bonchev–Trinajstić information content (AvgIpc) is 2.29. The van der Waals surface area contributed by atoms with Crippen LogP contribution in [0.1, 0.15) is 13.8 Å². The minimum atomic E-state index is -1.11. The van der Waals surface area contributed by atoms with E-state index in [1.165, 1.54) is 22.9 Å². The average molecular weight is 247 g/mol. The molecule has 0 radical (unpaired) electrons. The summed E-state index contributed by atoms with van der Waals surface area (Å²) in [5, 5.41) is 11.9. The molecular weight excluding hydrogens is 234 g/mol. The zero-order valence-electron chi connectivity index (χ0n) is 10.0. The van der Waals surface area contributed by atoms with Gasteiger partial charge in [0.15, 0.2) is 0 Å². The van der Waals surface area contributed by atoms with Crippen LogP contribution in [0.2, 0.25) is 0 Å². The number of pyridine rings is 1. The van der Waals surface area contributed by atoms with Crippen molar-refractivity contribution in [3.8, 4) is 0 Å². The molecule has 0 aliphatic rings. The van der Waals surface area contributed by atoms with Crippen LogP contribution >= 0.6 is 0 Å². The number of hydrogen-bond acceptors (Lipinski definition) is 4. The number of aromatic nitrogens is 2. The first-order chi connectivity index (χ1) is 8.40. The maximum Gasteiger partial charge on any atom is 0.328 e. The molecule has 94 valence electrons. The van der Waals surface area contributed by atoms with Crippen LogP contribution < -0.4 is 10.9 Å². The normalized spacial score (nSPS) is 11.4. The first-order valence-corrected chi connectivity index (χ1v) is 5.39. The fourth-order valence-corrected chi connectivity index (χ4v) is 1.52. The lowest BCUT2D eigenvalue weighted by Crippen LogP contribution is -2.40. The third kappa shape index (κ3) is 2.17. The molecule has 0 aliphatic heterocycles. The summed E-state index contributed by atoms with van der Waals surface area (Å²) in [6, 6.07) is 4.69. The minimum Gasteiger partial charge on any atom is -0.480 e. The molecule has 2 aromatic heterocycles. The fourth-order valence-electron chi connectivity index (χ4n) is 1.52. The Morgan fingerprint density at radius 3 is 2.78 bits per heavy atom. The van der Waals surface area contributed by atoms with Crippen LogP contribution in [0, 0.1) is 0 Å². The number of anilines is 1. The van der Waals surface area contributed by atoms with Crippen molar-refractivity contribution in [2.24, 2.45) is 0 Å². The highest BCUT2D eigenvalue weighted by molar-refractivity contribution is 5.81. The van der Waals surface area contributed by atoms with Crippen molar-refractivity contribution < 1.29 is 9.90 Å². The molecule has 6 heteroatoms. The molecule has 0 amide bonds. The van der Waals surface area contributed by atoms with Crippen molar-refractivity contribution in [3.63, 3.8) is 0 Å². The zero-order valence-corrected chi connectivity index (χ0v) is 10.0. The van der Waals surface area contributed by atoms with E-state index < -0.39 is 11.5 Å². The maximum atomic E-state index is 11.6. The topological polar surface area (TPSA) is 83.7 Å². The van der Waals surface area contributed by atoms with E-state index in [4.69, 9.17) is 5.11 Å². The maximum absolute atomic E-state index is 11.6. The number of carboxylic acid groups (broad SMARTS) is 1.